The zero-order valence-corrected chi connectivity index (χ0v) is 17.7. The van der Waals surface area contributed by atoms with Gasteiger partial charge in [0.2, 0.25) is 5.89 Å². The van der Waals surface area contributed by atoms with Crippen molar-refractivity contribution in [1.29, 1.82) is 0 Å². The summed E-state index contributed by atoms with van der Waals surface area (Å²) in [5.41, 5.74) is 2.31. The van der Waals surface area contributed by atoms with E-state index in [1.165, 1.54) is 7.11 Å². The Morgan fingerprint density at radius 3 is 2.59 bits per heavy atom. The standard InChI is InChI=1S/C24H22N2O6/c1-16-20(25-24(31-16)17-8-4-3-5-9-17)15-30-22-13-19(32-26-22)14-29-21-11-7-6-10-18(21)12-23(27)28-2/h3-11,13H,12,14-15H2,1-2H3. The van der Waals surface area contributed by atoms with Gasteiger partial charge in [-0.25, -0.2) is 4.98 Å². The second-order valence-electron chi connectivity index (χ2n) is 6.96. The predicted octanol–water partition coefficient (Wildman–Crippen LogP) is 4.51. The molecular weight excluding hydrogens is 412 g/mol. The van der Waals surface area contributed by atoms with Crippen molar-refractivity contribution in [1.82, 2.24) is 10.1 Å². The van der Waals surface area contributed by atoms with Crippen molar-refractivity contribution in [3.05, 3.63) is 83.4 Å². The number of hydrogen-bond acceptors (Lipinski definition) is 8. The van der Waals surface area contributed by atoms with E-state index in [9.17, 15) is 4.79 Å². The van der Waals surface area contributed by atoms with Gasteiger partial charge in [0.25, 0.3) is 5.88 Å². The zero-order valence-electron chi connectivity index (χ0n) is 17.7. The fraction of sp³-hybridized carbons (Fsp3) is 0.208. The average molecular weight is 434 g/mol. The second-order valence-corrected chi connectivity index (χ2v) is 6.96. The fourth-order valence-corrected chi connectivity index (χ4v) is 3.01. The maximum absolute atomic E-state index is 11.6. The summed E-state index contributed by atoms with van der Waals surface area (Å²) in [6.45, 7) is 2.17. The van der Waals surface area contributed by atoms with Crippen LogP contribution in [0.5, 0.6) is 11.6 Å². The maximum atomic E-state index is 11.6. The Morgan fingerprint density at radius 1 is 1.00 bits per heavy atom. The number of nitrogens with zero attached hydrogens (tertiary/aromatic N) is 2. The predicted molar refractivity (Wildman–Crippen MR) is 114 cm³/mol. The third kappa shape index (κ3) is 5.15. The molecule has 8 nitrogen and oxygen atoms in total. The Balaban J connectivity index is 1.35. The van der Waals surface area contributed by atoms with Crippen molar-refractivity contribution in [2.75, 3.05) is 7.11 Å². The van der Waals surface area contributed by atoms with Crippen LogP contribution < -0.4 is 9.47 Å². The van der Waals surface area contributed by atoms with Crippen LogP contribution in [0.1, 0.15) is 22.8 Å². The summed E-state index contributed by atoms with van der Waals surface area (Å²) in [6.07, 6.45) is 0.124. The van der Waals surface area contributed by atoms with Crippen LogP contribution in [0.25, 0.3) is 11.5 Å². The number of esters is 1. The largest absolute Gasteiger partial charge is 0.485 e. The normalized spacial score (nSPS) is 10.7. The van der Waals surface area contributed by atoms with E-state index in [0.717, 1.165) is 11.1 Å². The summed E-state index contributed by atoms with van der Waals surface area (Å²) in [6, 6.07) is 18.6. The molecule has 4 aromatic rings. The Bertz CT molecular complexity index is 1180. The molecule has 0 aliphatic rings. The summed E-state index contributed by atoms with van der Waals surface area (Å²) < 4.78 is 27.2. The first-order chi connectivity index (χ1) is 15.6. The van der Waals surface area contributed by atoms with Crippen LogP contribution in [0.3, 0.4) is 0 Å². The SMILES string of the molecule is COC(=O)Cc1ccccc1OCc1cc(OCc2nc(-c3ccccc3)oc2C)no1. The third-order valence-electron chi connectivity index (χ3n) is 4.71. The first-order valence-electron chi connectivity index (χ1n) is 10.00. The molecule has 0 aliphatic carbocycles. The number of carbonyl (C=O) groups is 1. The van der Waals surface area contributed by atoms with Gasteiger partial charge in [-0.15, -0.1) is 0 Å². The zero-order chi connectivity index (χ0) is 22.3. The molecule has 0 fully saturated rings. The van der Waals surface area contributed by atoms with Gasteiger partial charge in [-0.1, -0.05) is 36.4 Å². The van der Waals surface area contributed by atoms with E-state index in [-0.39, 0.29) is 25.6 Å². The number of aryl methyl sites for hydroxylation is 1. The molecule has 2 aromatic heterocycles. The Morgan fingerprint density at radius 2 is 1.78 bits per heavy atom. The molecule has 164 valence electrons. The van der Waals surface area contributed by atoms with E-state index < -0.39 is 0 Å². The quantitative estimate of drug-likeness (QED) is 0.355. The number of carbonyl (C=O) groups excluding carboxylic acids is 1. The number of aromatic nitrogens is 2. The minimum absolute atomic E-state index is 0.124. The summed E-state index contributed by atoms with van der Waals surface area (Å²) in [7, 11) is 1.35. The summed E-state index contributed by atoms with van der Waals surface area (Å²) in [5.74, 6) is 2.25. The Kier molecular flexibility index (Phi) is 6.50. The van der Waals surface area contributed by atoms with Gasteiger partial charge in [0.1, 0.15) is 30.4 Å². The fourth-order valence-electron chi connectivity index (χ4n) is 3.01. The molecular formula is C24H22N2O6. The van der Waals surface area contributed by atoms with Crippen molar-refractivity contribution in [3.63, 3.8) is 0 Å². The Labute approximate surface area is 184 Å². The molecule has 0 unspecified atom stereocenters. The van der Waals surface area contributed by atoms with E-state index >= 15 is 0 Å². The van der Waals surface area contributed by atoms with Gasteiger partial charge in [-0.3, -0.25) is 4.79 Å². The smallest absolute Gasteiger partial charge is 0.310 e. The van der Waals surface area contributed by atoms with Crippen molar-refractivity contribution in [2.24, 2.45) is 0 Å². The van der Waals surface area contributed by atoms with E-state index in [1.54, 1.807) is 12.1 Å². The molecule has 0 N–H and O–H groups in total. The van der Waals surface area contributed by atoms with Gasteiger partial charge >= 0.3 is 5.97 Å². The Hall–Kier alpha value is -4.07. The highest BCUT2D eigenvalue weighted by molar-refractivity contribution is 5.73. The van der Waals surface area contributed by atoms with Crippen LogP contribution in [0.4, 0.5) is 0 Å². The van der Waals surface area contributed by atoms with E-state index in [4.69, 9.17) is 23.2 Å². The molecule has 0 aliphatic heterocycles. The summed E-state index contributed by atoms with van der Waals surface area (Å²) in [5, 5.41) is 3.91. The van der Waals surface area contributed by atoms with Crippen LogP contribution in [-0.4, -0.2) is 23.2 Å². The molecule has 0 atom stereocenters. The molecule has 0 spiro atoms. The first-order valence-corrected chi connectivity index (χ1v) is 10.00. The molecule has 0 saturated carbocycles. The van der Waals surface area contributed by atoms with Gasteiger partial charge < -0.3 is 23.2 Å². The van der Waals surface area contributed by atoms with Crippen molar-refractivity contribution >= 4 is 5.97 Å². The number of methoxy groups -OCH3 is 1. The first kappa shape index (κ1) is 21.2. The van der Waals surface area contributed by atoms with Crippen LogP contribution in [0.15, 0.2) is 69.6 Å². The lowest BCUT2D eigenvalue weighted by Gasteiger charge is -2.09. The molecule has 8 heteroatoms. The number of para-hydroxylation sites is 1. The molecule has 32 heavy (non-hydrogen) atoms. The number of ether oxygens (including phenoxy) is 3. The lowest BCUT2D eigenvalue weighted by atomic mass is 10.1. The van der Waals surface area contributed by atoms with E-state index in [0.29, 0.717) is 34.7 Å². The number of benzene rings is 2. The lowest BCUT2D eigenvalue weighted by molar-refractivity contribution is -0.139. The molecule has 0 saturated heterocycles. The summed E-state index contributed by atoms with van der Waals surface area (Å²) >= 11 is 0. The topological polar surface area (TPSA) is 96.8 Å². The van der Waals surface area contributed by atoms with E-state index in [1.807, 2.05) is 55.5 Å². The maximum Gasteiger partial charge on any atom is 0.310 e. The van der Waals surface area contributed by atoms with Crippen LogP contribution in [0.2, 0.25) is 0 Å². The van der Waals surface area contributed by atoms with Crippen LogP contribution >= 0.6 is 0 Å². The van der Waals surface area contributed by atoms with E-state index in [2.05, 4.69) is 10.1 Å². The van der Waals surface area contributed by atoms with Crippen molar-refractivity contribution < 1.29 is 27.9 Å². The van der Waals surface area contributed by atoms with Crippen molar-refractivity contribution in [2.45, 2.75) is 26.6 Å². The number of oxazole rings is 1. The number of rotatable bonds is 9. The van der Waals surface area contributed by atoms with Gasteiger partial charge in [-0.2, -0.15) is 0 Å². The molecule has 4 rings (SSSR count). The number of hydrogen-bond donors (Lipinski definition) is 0. The molecule has 2 aromatic carbocycles. The van der Waals surface area contributed by atoms with Gasteiger partial charge in [0, 0.05) is 17.2 Å². The average Bonchev–Trinajstić information content (AvgIpc) is 3.43. The van der Waals surface area contributed by atoms with Crippen LogP contribution in [0, 0.1) is 6.92 Å². The molecule has 0 amide bonds. The minimum atomic E-state index is -0.338. The summed E-state index contributed by atoms with van der Waals surface area (Å²) in [4.78, 5) is 16.1. The second kappa shape index (κ2) is 9.82. The monoisotopic (exact) mass is 434 g/mol. The van der Waals surface area contributed by atoms with Crippen molar-refractivity contribution in [3.8, 4) is 23.1 Å². The minimum Gasteiger partial charge on any atom is -0.485 e. The highest BCUT2D eigenvalue weighted by Crippen LogP contribution is 2.24. The third-order valence-corrected chi connectivity index (χ3v) is 4.71. The molecule has 0 radical (unpaired) electrons. The highest BCUT2D eigenvalue weighted by Gasteiger charge is 2.14. The molecule has 0 bridgehead atoms. The van der Waals surface area contributed by atoms with Gasteiger partial charge in [-0.05, 0) is 30.3 Å². The lowest BCUT2D eigenvalue weighted by Crippen LogP contribution is -2.06. The van der Waals surface area contributed by atoms with Gasteiger partial charge in [0.15, 0.2) is 5.76 Å². The molecule has 2 heterocycles. The highest BCUT2D eigenvalue weighted by atomic mass is 16.6. The van der Waals surface area contributed by atoms with Gasteiger partial charge in [0.05, 0.1) is 13.5 Å². The van der Waals surface area contributed by atoms with Crippen LogP contribution in [-0.2, 0) is 29.2 Å².